The van der Waals surface area contributed by atoms with E-state index in [0.717, 1.165) is 23.1 Å². The maximum Gasteiger partial charge on any atom is 0.243 e. The van der Waals surface area contributed by atoms with Gasteiger partial charge in [0, 0.05) is 12.6 Å². The molecule has 0 unspecified atom stereocenters. The third-order valence-corrected chi connectivity index (χ3v) is 5.19. The Bertz CT molecular complexity index is 773. The Morgan fingerprint density at radius 2 is 1.61 bits per heavy atom. The fraction of sp³-hybridized carbons (Fsp3) is 0.417. The molecule has 28 heavy (non-hydrogen) atoms. The van der Waals surface area contributed by atoms with Crippen molar-refractivity contribution in [2.75, 3.05) is 0 Å². The van der Waals surface area contributed by atoms with E-state index in [9.17, 15) is 9.59 Å². The van der Waals surface area contributed by atoms with Gasteiger partial charge in [-0.2, -0.15) is 0 Å². The average Bonchev–Trinajstić information content (AvgIpc) is 2.69. The van der Waals surface area contributed by atoms with Gasteiger partial charge in [0.25, 0.3) is 0 Å². The SMILES string of the molecule is CC[C@H](C(=O)N[C@@H](C)CC)N(Cc1ccccc1C)C(=O)Cc1ccccc1. The van der Waals surface area contributed by atoms with E-state index in [4.69, 9.17) is 0 Å². The molecule has 4 heteroatoms. The summed E-state index contributed by atoms with van der Waals surface area (Å²) in [7, 11) is 0. The van der Waals surface area contributed by atoms with Crippen LogP contribution in [0.2, 0.25) is 0 Å². The van der Waals surface area contributed by atoms with Crippen LogP contribution in [-0.2, 0) is 22.6 Å². The molecule has 0 heterocycles. The number of amides is 2. The van der Waals surface area contributed by atoms with Gasteiger partial charge in [0.15, 0.2) is 0 Å². The summed E-state index contributed by atoms with van der Waals surface area (Å²) in [4.78, 5) is 27.9. The van der Waals surface area contributed by atoms with Crippen molar-refractivity contribution in [1.82, 2.24) is 10.2 Å². The second-order valence-electron chi connectivity index (χ2n) is 7.35. The number of nitrogens with zero attached hydrogens (tertiary/aromatic N) is 1. The minimum atomic E-state index is -0.482. The molecule has 0 spiro atoms. The number of hydrogen-bond donors (Lipinski definition) is 1. The van der Waals surface area contributed by atoms with Crippen molar-refractivity contribution in [3.8, 4) is 0 Å². The Hall–Kier alpha value is -2.62. The molecule has 0 aromatic heterocycles. The number of aryl methyl sites for hydroxylation is 1. The number of rotatable bonds is 9. The van der Waals surface area contributed by atoms with Crippen LogP contribution in [0.5, 0.6) is 0 Å². The van der Waals surface area contributed by atoms with Gasteiger partial charge in [0.1, 0.15) is 6.04 Å². The first-order valence-corrected chi connectivity index (χ1v) is 10.1. The van der Waals surface area contributed by atoms with Crippen molar-refractivity contribution in [3.05, 3.63) is 71.3 Å². The number of carbonyl (C=O) groups excluding carboxylic acids is 2. The van der Waals surface area contributed by atoms with Gasteiger partial charge < -0.3 is 10.2 Å². The van der Waals surface area contributed by atoms with Gasteiger partial charge in [-0.05, 0) is 43.4 Å². The van der Waals surface area contributed by atoms with E-state index >= 15 is 0 Å². The normalized spacial score (nSPS) is 12.9. The Morgan fingerprint density at radius 1 is 0.964 bits per heavy atom. The number of carbonyl (C=O) groups is 2. The molecule has 0 fully saturated rings. The lowest BCUT2D eigenvalue weighted by molar-refractivity contribution is -0.141. The van der Waals surface area contributed by atoms with Crippen LogP contribution >= 0.6 is 0 Å². The molecule has 0 aliphatic carbocycles. The third kappa shape index (κ3) is 5.95. The summed E-state index contributed by atoms with van der Waals surface area (Å²) in [6.07, 6.45) is 1.73. The highest BCUT2D eigenvalue weighted by Crippen LogP contribution is 2.17. The van der Waals surface area contributed by atoms with E-state index in [-0.39, 0.29) is 17.9 Å². The Morgan fingerprint density at radius 3 is 2.21 bits per heavy atom. The molecule has 150 valence electrons. The van der Waals surface area contributed by atoms with Crippen molar-refractivity contribution < 1.29 is 9.59 Å². The summed E-state index contributed by atoms with van der Waals surface area (Å²) in [5, 5.41) is 3.05. The summed E-state index contributed by atoms with van der Waals surface area (Å²) in [5.41, 5.74) is 3.15. The lowest BCUT2D eigenvalue weighted by atomic mass is 10.0. The van der Waals surface area contributed by atoms with E-state index in [0.29, 0.717) is 19.4 Å². The van der Waals surface area contributed by atoms with Crippen molar-refractivity contribution in [2.24, 2.45) is 0 Å². The molecular formula is C24H32N2O2. The highest BCUT2D eigenvalue weighted by Gasteiger charge is 2.29. The molecule has 2 atom stereocenters. The molecule has 2 rings (SSSR count). The van der Waals surface area contributed by atoms with Gasteiger partial charge in [-0.3, -0.25) is 9.59 Å². The van der Waals surface area contributed by atoms with Crippen LogP contribution in [0.1, 0.15) is 50.3 Å². The van der Waals surface area contributed by atoms with Gasteiger partial charge in [-0.15, -0.1) is 0 Å². The zero-order valence-electron chi connectivity index (χ0n) is 17.4. The van der Waals surface area contributed by atoms with E-state index in [1.165, 1.54) is 0 Å². The third-order valence-electron chi connectivity index (χ3n) is 5.19. The lowest BCUT2D eigenvalue weighted by Crippen LogP contribution is -2.51. The zero-order valence-corrected chi connectivity index (χ0v) is 17.4. The Balaban J connectivity index is 2.29. The molecule has 0 saturated carbocycles. The van der Waals surface area contributed by atoms with Crippen LogP contribution in [-0.4, -0.2) is 28.8 Å². The van der Waals surface area contributed by atoms with Crippen LogP contribution in [0.4, 0.5) is 0 Å². The fourth-order valence-electron chi connectivity index (χ4n) is 3.20. The standard InChI is InChI=1S/C24H32N2O2/c1-5-19(4)25-24(28)22(6-2)26(17-21-15-11-10-12-18(21)3)23(27)16-20-13-8-7-9-14-20/h7-15,19,22H,5-6,16-17H2,1-4H3,(H,25,28)/t19-,22+/m0/s1. The molecule has 0 aliphatic rings. The van der Waals surface area contributed by atoms with E-state index in [1.807, 2.05) is 82.3 Å². The van der Waals surface area contributed by atoms with Gasteiger partial charge in [0.05, 0.1) is 6.42 Å². The summed E-state index contributed by atoms with van der Waals surface area (Å²) in [6.45, 7) is 8.46. The lowest BCUT2D eigenvalue weighted by Gasteiger charge is -2.32. The first kappa shape index (κ1) is 21.7. The first-order chi connectivity index (χ1) is 13.5. The molecular weight excluding hydrogens is 348 g/mol. The summed E-state index contributed by atoms with van der Waals surface area (Å²) >= 11 is 0. The van der Waals surface area contributed by atoms with E-state index in [1.54, 1.807) is 4.90 Å². The first-order valence-electron chi connectivity index (χ1n) is 10.1. The molecule has 2 amide bonds. The Kier molecular flexibility index (Phi) is 8.24. The summed E-state index contributed by atoms with van der Waals surface area (Å²) < 4.78 is 0. The van der Waals surface area contributed by atoms with Crippen LogP contribution in [0.3, 0.4) is 0 Å². The van der Waals surface area contributed by atoms with Gasteiger partial charge in [-0.25, -0.2) is 0 Å². The molecule has 1 N–H and O–H groups in total. The van der Waals surface area contributed by atoms with Crippen molar-refractivity contribution in [1.29, 1.82) is 0 Å². The van der Waals surface area contributed by atoms with Crippen LogP contribution in [0.15, 0.2) is 54.6 Å². The van der Waals surface area contributed by atoms with Gasteiger partial charge >= 0.3 is 0 Å². The largest absolute Gasteiger partial charge is 0.352 e. The van der Waals surface area contributed by atoms with E-state index < -0.39 is 6.04 Å². The fourth-order valence-corrected chi connectivity index (χ4v) is 3.20. The molecule has 4 nitrogen and oxygen atoms in total. The number of hydrogen-bond acceptors (Lipinski definition) is 2. The summed E-state index contributed by atoms with van der Waals surface area (Å²) in [5.74, 6) is -0.104. The molecule has 0 bridgehead atoms. The minimum absolute atomic E-state index is 0.0272. The molecule has 2 aromatic carbocycles. The number of benzene rings is 2. The smallest absolute Gasteiger partial charge is 0.243 e. The quantitative estimate of drug-likeness (QED) is 0.707. The molecule has 2 aromatic rings. The average molecular weight is 381 g/mol. The molecule has 0 saturated heterocycles. The maximum absolute atomic E-state index is 13.2. The highest BCUT2D eigenvalue weighted by atomic mass is 16.2. The molecule has 0 aliphatic heterocycles. The van der Waals surface area contributed by atoms with Crippen LogP contribution in [0, 0.1) is 6.92 Å². The summed E-state index contributed by atoms with van der Waals surface area (Å²) in [6, 6.07) is 17.3. The maximum atomic E-state index is 13.2. The van der Waals surface area contributed by atoms with Crippen LogP contribution < -0.4 is 5.32 Å². The number of nitrogens with one attached hydrogen (secondary N) is 1. The monoisotopic (exact) mass is 380 g/mol. The van der Waals surface area contributed by atoms with Crippen molar-refractivity contribution >= 4 is 11.8 Å². The predicted octanol–water partition coefficient (Wildman–Crippen LogP) is 4.26. The topological polar surface area (TPSA) is 49.4 Å². The van der Waals surface area contributed by atoms with Crippen molar-refractivity contribution in [2.45, 2.75) is 65.6 Å². The van der Waals surface area contributed by atoms with Gasteiger partial charge in [0.2, 0.25) is 11.8 Å². The minimum Gasteiger partial charge on any atom is -0.352 e. The molecule has 0 radical (unpaired) electrons. The van der Waals surface area contributed by atoms with Gasteiger partial charge in [-0.1, -0.05) is 68.4 Å². The predicted molar refractivity (Wildman–Crippen MR) is 114 cm³/mol. The zero-order chi connectivity index (χ0) is 20.5. The second-order valence-corrected chi connectivity index (χ2v) is 7.35. The van der Waals surface area contributed by atoms with E-state index in [2.05, 4.69) is 5.32 Å². The van der Waals surface area contributed by atoms with Crippen molar-refractivity contribution in [3.63, 3.8) is 0 Å². The van der Waals surface area contributed by atoms with Crippen LogP contribution in [0.25, 0.3) is 0 Å². The second kappa shape index (κ2) is 10.6. The highest BCUT2D eigenvalue weighted by molar-refractivity contribution is 5.88. The Labute approximate surface area is 169 Å².